The molecule has 1 nitrogen and oxygen atoms in total. The minimum atomic E-state index is -0.216. The summed E-state index contributed by atoms with van der Waals surface area (Å²) < 4.78 is 0. The van der Waals surface area contributed by atoms with Crippen molar-refractivity contribution >= 4 is 0 Å². The molecular weight excluding hydrogens is 194 g/mol. The first-order chi connectivity index (χ1) is 7.39. The summed E-state index contributed by atoms with van der Waals surface area (Å²) in [5, 5.41) is 0. The monoisotopic (exact) mass is 219 g/mol. The van der Waals surface area contributed by atoms with Crippen molar-refractivity contribution in [3.63, 3.8) is 0 Å². The largest absolute Gasteiger partial charge is 0.321 e. The standard InChI is InChI=1S/C15H25N/c1-6-7-13(4)15(5,16)14-10-11(2)8-9-12(14)3/h8-10,13H,6-7,16H2,1-5H3. The first kappa shape index (κ1) is 13.2. The van der Waals surface area contributed by atoms with Crippen molar-refractivity contribution in [1.29, 1.82) is 0 Å². The van der Waals surface area contributed by atoms with Crippen molar-refractivity contribution in [1.82, 2.24) is 0 Å². The number of aryl methyl sites for hydroxylation is 2. The Morgan fingerprint density at radius 3 is 2.50 bits per heavy atom. The summed E-state index contributed by atoms with van der Waals surface area (Å²) in [5.41, 5.74) is 10.2. The molecule has 1 aromatic rings. The van der Waals surface area contributed by atoms with Gasteiger partial charge in [0, 0.05) is 5.54 Å². The van der Waals surface area contributed by atoms with E-state index in [1.54, 1.807) is 0 Å². The van der Waals surface area contributed by atoms with Crippen molar-refractivity contribution in [2.24, 2.45) is 11.7 Å². The first-order valence-electron chi connectivity index (χ1n) is 6.26. The Kier molecular flexibility index (Phi) is 4.15. The molecule has 2 atom stereocenters. The summed E-state index contributed by atoms with van der Waals surface area (Å²) in [6.45, 7) is 10.9. The normalized spacial score (nSPS) is 16.9. The molecule has 0 fully saturated rings. The molecule has 2 unspecified atom stereocenters. The second-order valence-electron chi connectivity index (χ2n) is 5.29. The third kappa shape index (κ3) is 2.65. The van der Waals surface area contributed by atoms with Crippen LogP contribution in [0.3, 0.4) is 0 Å². The highest BCUT2D eigenvalue weighted by molar-refractivity contribution is 5.36. The summed E-state index contributed by atoms with van der Waals surface area (Å²) >= 11 is 0. The molecule has 0 aliphatic rings. The molecule has 0 bridgehead atoms. The number of hydrogen-bond acceptors (Lipinski definition) is 1. The zero-order valence-electron chi connectivity index (χ0n) is 11.3. The molecule has 0 aliphatic heterocycles. The molecule has 1 heteroatoms. The van der Waals surface area contributed by atoms with Gasteiger partial charge in [0.05, 0.1) is 0 Å². The number of nitrogens with two attached hydrogens (primary N) is 1. The highest BCUT2D eigenvalue weighted by Gasteiger charge is 2.29. The van der Waals surface area contributed by atoms with Crippen LogP contribution in [0.5, 0.6) is 0 Å². The minimum absolute atomic E-state index is 0.216. The molecule has 0 spiro atoms. The van der Waals surface area contributed by atoms with E-state index < -0.39 is 0 Å². The van der Waals surface area contributed by atoms with E-state index in [-0.39, 0.29) is 5.54 Å². The molecular formula is C15H25N. The van der Waals surface area contributed by atoms with E-state index in [1.165, 1.54) is 29.5 Å². The van der Waals surface area contributed by atoms with Crippen LogP contribution in [0.2, 0.25) is 0 Å². The summed E-state index contributed by atoms with van der Waals surface area (Å²) in [7, 11) is 0. The molecule has 90 valence electrons. The Labute approximate surface area is 100 Å². The molecule has 0 amide bonds. The molecule has 16 heavy (non-hydrogen) atoms. The van der Waals surface area contributed by atoms with Crippen LogP contribution in [-0.4, -0.2) is 0 Å². The lowest BCUT2D eigenvalue weighted by Crippen LogP contribution is -2.40. The highest BCUT2D eigenvalue weighted by atomic mass is 14.7. The van der Waals surface area contributed by atoms with Crippen LogP contribution in [0.4, 0.5) is 0 Å². The molecule has 0 saturated carbocycles. The number of hydrogen-bond donors (Lipinski definition) is 1. The van der Waals surface area contributed by atoms with Crippen LogP contribution in [-0.2, 0) is 5.54 Å². The predicted molar refractivity (Wildman–Crippen MR) is 71.5 cm³/mol. The predicted octanol–water partition coefficient (Wildman–Crippen LogP) is 3.91. The second kappa shape index (κ2) is 5.01. The number of rotatable bonds is 4. The molecule has 1 aromatic carbocycles. The fourth-order valence-electron chi connectivity index (χ4n) is 2.31. The van der Waals surface area contributed by atoms with Crippen molar-refractivity contribution in [3.8, 4) is 0 Å². The van der Waals surface area contributed by atoms with E-state index in [0.29, 0.717) is 5.92 Å². The van der Waals surface area contributed by atoms with E-state index in [9.17, 15) is 0 Å². The Hall–Kier alpha value is -0.820. The topological polar surface area (TPSA) is 26.0 Å². The molecule has 1 rings (SSSR count). The van der Waals surface area contributed by atoms with Gasteiger partial charge >= 0.3 is 0 Å². The smallest absolute Gasteiger partial charge is 0.0409 e. The quantitative estimate of drug-likeness (QED) is 0.816. The third-order valence-corrected chi connectivity index (χ3v) is 3.72. The molecule has 0 aromatic heterocycles. The molecule has 0 heterocycles. The molecule has 2 N–H and O–H groups in total. The fraction of sp³-hybridized carbons (Fsp3) is 0.600. The van der Waals surface area contributed by atoms with E-state index in [1.807, 2.05) is 0 Å². The lowest BCUT2D eigenvalue weighted by atomic mass is 9.77. The summed E-state index contributed by atoms with van der Waals surface area (Å²) in [5.74, 6) is 0.512. The van der Waals surface area contributed by atoms with Gasteiger partial charge in [-0.15, -0.1) is 0 Å². The van der Waals surface area contributed by atoms with Gasteiger partial charge in [0.25, 0.3) is 0 Å². The van der Waals surface area contributed by atoms with Crippen molar-refractivity contribution < 1.29 is 0 Å². The van der Waals surface area contributed by atoms with Gasteiger partial charge in [-0.05, 0) is 44.2 Å². The van der Waals surface area contributed by atoms with Gasteiger partial charge in [0.2, 0.25) is 0 Å². The fourth-order valence-corrected chi connectivity index (χ4v) is 2.31. The summed E-state index contributed by atoms with van der Waals surface area (Å²) in [6, 6.07) is 6.56. The van der Waals surface area contributed by atoms with E-state index >= 15 is 0 Å². The molecule has 0 saturated heterocycles. The van der Waals surface area contributed by atoms with Gasteiger partial charge in [-0.2, -0.15) is 0 Å². The zero-order chi connectivity index (χ0) is 12.3. The van der Waals surface area contributed by atoms with Gasteiger partial charge in [0.15, 0.2) is 0 Å². The first-order valence-corrected chi connectivity index (χ1v) is 6.26. The van der Waals surface area contributed by atoms with Crippen LogP contribution in [0.1, 0.15) is 50.3 Å². The summed E-state index contributed by atoms with van der Waals surface area (Å²) in [6.07, 6.45) is 2.37. The third-order valence-electron chi connectivity index (χ3n) is 3.72. The molecule has 0 aliphatic carbocycles. The average Bonchev–Trinajstić information content (AvgIpc) is 2.22. The van der Waals surface area contributed by atoms with E-state index in [0.717, 1.165) is 0 Å². The van der Waals surface area contributed by atoms with E-state index in [2.05, 4.69) is 52.8 Å². The van der Waals surface area contributed by atoms with Crippen LogP contribution >= 0.6 is 0 Å². The van der Waals surface area contributed by atoms with Crippen molar-refractivity contribution in [2.45, 2.75) is 53.0 Å². The molecule has 0 radical (unpaired) electrons. The Balaban J connectivity index is 3.10. The highest BCUT2D eigenvalue weighted by Crippen LogP contribution is 2.32. The summed E-state index contributed by atoms with van der Waals surface area (Å²) in [4.78, 5) is 0. The lowest BCUT2D eigenvalue weighted by molar-refractivity contribution is 0.303. The Morgan fingerprint density at radius 2 is 1.94 bits per heavy atom. The van der Waals surface area contributed by atoms with Crippen LogP contribution in [0, 0.1) is 19.8 Å². The maximum atomic E-state index is 6.54. The van der Waals surface area contributed by atoms with Crippen LogP contribution in [0.25, 0.3) is 0 Å². The zero-order valence-corrected chi connectivity index (χ0v) is 11.3. The van der Waals surface area contributed by atoms with Gasteiger partial charge in [-0.1, -0.05) is 44.0 Å². The van der Waals surface area contributed by atoms with Crippen LogP contribution < -0.4 is 5.73 Å². The van der Waals surface area contributed by atoms with Crippen LogP contribution in [0.15, 0.2) is 18.2 Å². The SMILES string of the molecule is CCCC(C)C(C)(N)c1cc(C)ccc1C. The maximum absolute atomic E-state index is 6.54. The Morgan fingerprint density at radius 1 is 1.31 bits per heavy atom. The van der Waals surface area contributed by atoms with Gasteiger partial charge in [-0.3, -0.25) is 0 Å². The maximum Gasteiger partial charge on any atom is 0.0409 e. The second-order valence-corrected chi connectivity index (χ2v) is 5.29. The van der Waals surface area contributed by atoms with Gasteiger partial charge in [0.1, 0.15) is 0 Å². The Bertz CT molecular complexity index is 352. The minimum Gasteiger partial charge on any atom is -0.321 e. The van der Waals surface area contributed by atoms with Gasteiger partial charge in [-0.25, -0.2) is 0 Å². The average molecular weight is 219 g/mol. The lowest BCUT2D eigenvalue weighted by Gasteiger charge is -2.34. The number of benzene rings is 1. The van der Waals surface area contributed by atoms with Crippen molar-refractivity contribution in [3.05, 3.63) is 34.9 Å². The van der Waals surface area contributed by atoms with E-state index in [4.69, 9.17) is 5.73 Å². The van der Waals surface area contributed by atoms with Crippen molar-refractivity contribution in [2.75, 3.05) is 0 Å². The van der Waals surface area contributed by atoms with Gasteiger partial charge < -0.3 is 5.73 Å².